The summed E-state index contributed by atoms with van der Waals surface area (Å²) in [5.74, 6) is -0.720. The number of ether oxygens (including phenoxy) is 3. The zero-order valence-corrected chi connectivity index (χ0v) is 35.1. The molecule has 0 radical (unpaired) electrons. The van der Waals surface area contributed by atoms with E-state index in [4.69, 9.17) is 24.2 Å². The summed E-state index contributed by atoms with van der Waals surface area (Å²) < 4.78 is 19.9. The molecule has 3 N–H and O–H groups in total. The van der Waals surface area contributed by atoms with E-state index >= 15 is 0 Å². The maximum Gasteiger partial charge on any atom is 0.412 e. The van der Waals surface area contributed by atoms with E-state index in [0.29, 0.717) is 54.5 Å². The minimum absolute atomic E-state index is 0.00229. The summed E-state index contributed by atoms with van der Waals surface area (Å²) in [5, 5.41) is 38.6. The fraction of sp³-hybridized carbons (Fsp3) is 0.587. The predicted octanol–water partition coefficient (Wildman–Crippen LogP) is 7.97. The van der Waals surface area contributed by atoms with Crippen molar-refractivity contribution < 1.29 is 43.8 Å². The van der Waals surface area contributed by atoms with Crippen LogP contribution in [0, 0.1) is 33.8 Å². The number of oxime groups is 1. The lowest BCUT2D eigenvalue weighted by molar-refractivity contribution is -0.384. The Balaban J connectivity index is 1.50. The average Bonchev–Trinajstić information content (AvgIpc) is 3.77. The standard InChI is InChI=1S/C46H62N4O10/c1-4-26-57-46-41(49(3)42(53)23-18-31-12-6-7-13-31)29-39(48-58-30-32-16-19-34(20-17-32)50(55)56)37-27-33(14-8-10-24-51)36(15-9-11-25-52)43(44(37)46)38-28-35(21-22-40(38)60-46)59-45(54)47-5-2/h4,16-17,19-22,27-28,31,33,36,41,43-44,51-52H,1,5-15,18,23-26,29-30H2,2-3H3,(H,47,54). The Morgan fingerprint density at radius 1 is 1.07 bits per heavy atom. The van der Waals surface area contributed by atoms with Gasteiger partial charge < -0.3 is 39.5 Å². The second kappa shape index (κ2) is 21.1. The molecule has 2 aromatic carbocycles. The molecule has 1 heterocycles. The fourth-order valence-corrected chi connectivity index (χ4v) is 9.95. The summed E-state index contributed by atoms with van der Waals surface area (Å²) in [4.78, 5) is 45.8. The molecule has 4 aliphatic rings. The maximum atomic E-state index is 14.4. The van der Waals surface area contributed by atoms with Crippen molar-refractivity contribution in [3.63, 3.8) is 0 Å². The van der Waals surface area contributed by atoms with E-state index in [-0.39, 0.29) is 62.2 Å². The first kappa shape index (κ1) is 44.8. The van der Waals surface area contributed by atoms with Gasteiger partial charge in [-0.05, 0) is 98.2 Å². The minimum Gasteiger partial charge on any atom is -0.459 e. The van der Waals surface area contributed by atoms with Gasteiger partial charge in [-0.1, -0.05) is 55.8 Å². The molecule has 2 fully saturated rings. The number of carbonyl (C=O) groups excluding carboxylic acids is 2. The van der Waals surface area contributed by atoms with Gasteiger partial charge >= 0.3 is 6.09 Å². The number of hydrogen-bond acceptors (Lipinski definition) is 11. The van der Waals surface area contributed by atoms with Gasteiger partial charge in [0.25, 0.3) is 5.69 Å². The molecule has 6 rings (SSSR count). The number of allylic oxidation sites excluding steroid dienone is 1. The summed E-state index contributed by atoms with van der Waals surface area (Å²) in [6.07, 6.45) is 13.8. The lowest BCUT2D eigenvalue weighted by atomic mass is 9.55. The number of benzene rings is 2. The number of hydrogen-bond donors (Lipinski definition) is 3. The third-order valence-corrected chi connectivity index (χ3v) is 12.8. The molecule has 1 aliphatic heterocycles. The van der Waals surface area contributed by atoms with E-state index in [1.165, 1.54) is 25.0 Å². The Hall–Kier alpha value is -4.79. The lowest BCUT2D eigenvalue weighted by Crippen LogP contribution is -2.69. The zero-order chi connectivity index (χ0) is 42.6. The van der Waals surface area contributed by atoms with Gasteiger partial charge in [-0.25, -0.2) is 4.79 Å². The highest BCUT2D eigenvalue weighted by Gasteiger charge is 2.65. The summed E-state index contributed by atoms with van der Waals surface area (Å²) in [6, 6.07) is 10.9. The first-order valence-electron chi connectivity index (χ1n) is 21.8. The third-order valence-electron chi connectivity index (χ3n) is 12.8. The summed E-state index contributed by atoms with van der Waals surface area (Å²) in [7, 11) is 1.82. The molecule has 2 saturated carbocycles. The molecule has 0 spiro atoms. The fourth-order valence-electron chi connectivity index (χ4n) is 9.95. The van der Waals surface area contributed by atoms with Crippen molar-refractivity contribution in [2.24, 2.45) is 28.8 Å². The van der Waals surface area contributed by atoms with E-state index < -0.39 is 28.8 Å². The molecule has 2 amide bonds. The topological polar surface area (TPSA) is 182 Å². The molecule has 0 saturated heterocycles. The van der Waals surface area contributed by atoms with Crippen LogP contribution in [-0.2, 0) is 21.0 Å². The molecule has 60 heavy (non-hydrogen) atoms. The van der Waals surface area contributed by atoms with Gasteiger partial charge in [0.2, 0.25) is 11.7 Å². The van der Waals surface area contributed by atoms with Crippen LogP contribution < -0.4 is 14.8 Å². The number of nitrogens with one attached hydrogen (secondary N) is 1. The normalized spacial score (nSPS) is 25.0. The van der Waals surface area contributed by atoms with E-state index in [1.54, 1.807) is 29.2 Å². The smallest absolute Gasteiger partial charge is 0.412 e. The van der Waals surface area contributed by atoms with Gasteiger partial charge in [0.05, 0.1) is 23.2 Å². The van der Waals surface area contributed by atoms with E-state index in [9.17, 15) is 29.9 Å². The number of aliphatic hydroxyl groups excluding tert-OH is 2. The number of nitrogens with zero attached hydrogens (tertiary/aromatic N) is 3. The Morgan fingerprint density at radius 2 is 1.80 bits per heavy atom. The quantitative estimate of drug-likeness (QED) is 0.0483. The van der Waals surface area contributed by atoms with E-state index in [0.717, 1.165) is 56.1 Å². The van der Waals surface area contributed by atoms with Gasteiger partial charge in [-0.15, -0.1) is 6.58 Å². The number of fused-ring (bicyclic) bond motifs is 2. The van der Waals surface area contributed by atoms with Gasteiger partial charge in [-0.3, -0.25) is 14.9 Å². The van der Waals surface area contributed by atoms with Crippen molar-refractivity contribution in [2.75, 3.05) is 33.4 Å². The van der Waals surface area contributed by atoms with Crippen LogP contribution in [0.15, 0.2) is 71.9 Å². The Kier molecular flexibility index (Phi) is 15.8. The molecular weight excluding hydrogens is 769 g/mol. The van der Waals surface area contributed by atoms with Crippen LogP contribution >= 0.6 is 0 Å². The first-order chi connectivity index (χ1) is 29.1. The summed E-state index contributed by atoms with van der Waals surface area (Å²) >= 11 is 0. The van der Waals surface area contributed by atoms with Crippen molar-refractivity contribution in [1.82, 2.24) is 10.2 Å². The van der Waals surface area contributed by atoms with Crippen LogP contribution in [-0.4, -0.2) is 83.0 Å². The molecule has 6 unspecified atom stereocenters. The molecule has 14 heteroatoms. The highest BCUT2D eigenvalue weighted by molar-refractivity contribution is 6.03. The van der Waals surface area contributed by atoms with Crippen LogP contribution in [0.25, 0.3) is 0 Å². The average molecular weight is 831 g/mol. The lowest BCUT2D eigenvalue weighted by Gasteiger charge is -2.59. The first-order valence-corrected chi connectivity index (χ1v) is 21.8. The van der Waals surface area contributed by atoms with Gasteiger partial charge in [0.1, 0.15) is 24.1 Å². The highest BCUT2D eigenvalue weighted by Crippen LogP contribution is 2.62. The van der Waals surface area contributed by atoms with Gasteiger partial charge in [0, 0.05) is 63.3 Å². The number of carbonyl (C=O) groups is 2. The van der Waals surface area contributed by atoms with E-state index in [1.807, 2.05) is 26.1 Å². The van der Waals surface area contributed by atoms with Crippen LogP contribution in [0.2, 0.25) is 0 Å². The molecule has 326 valence electrons. The number of amides is 2. The molecule has 0 aromatic heterocycles. The largest absolute Gasteiger partial charge is 0.459 e. The van der Waals surface area contributed by atoms with Crippen LogP contribution in [0.5, 0.6) is 11.5 Å². The minimum atomic E-state index is -1.39. The highest BCUT2D eigenvalue weighted by atomic mass is 16.7. The van der Waals surface area contributed by atoms with Crippen molar-refractivity contribution >= 4 is 23.4 Å². The number of nitro benzene ring substituents is 1. The second-order valence-electron chi connectivity index (χ2n) is 16.6. The SMILES string of the molecule is C=CCOC12Oc3ccc(OC(=O)NCC)cc3C3C(CCCCO)C(CCCCO)C=C(C(=NOCc4ccc([N+](=O)[O-])cc4)CC1N(C)C(=O)CCC1CCCC1)C32. The number of non-ortho nitro benzene ring substituents is 1. The predicted molar refractivity (Wildman–Crippen MR) is 227 cm³/mol. The van der Waals surface area contributed by atoms with Crippen LogP contribution in [0.4, 0.5) is 10.5 Å². The Labute approximate surface area is 353 Å². The molecular formula is C46H62N4O10. The number of likely N-dealkylation sites (N-methyl/N-ethyl adjacent to an activating group) is 1. The molecule has 3 aliphatic carbocycles. The van der Waals surface area contributed by atoms with Gasteiger partial charge in [-0.2, -0.15) is 0 Å². The third kappa shape index (κ3) is 10.2. The number of rotatable bonds is 21. The number of unbranched alkanes of at least 4 members (excludes halogenated alkanes) is 2. The summed E-state index contributed by atoms with van der Waals surface area (Å²) in [5.41, 5.74) is 3.05. The van der Waals surface area contributed by atoms with E-state index in [2.05, 4.69) is 18.0 Å². The van der Waals surface area contributed by atoms with Gasteiger partial charge in [0.15, 0.2) is 0 Å². The number of nitro groups is 1. The van der Waals surface area contributed by atoms with Crippen LogP contribution in [0.1, 0.15) is 107 Å². The molecule has 2 aromatic rings. The van der Waals surface area contributed by atoms with Crippen molar-refractivity contribution in [3.8, 4) is 11.5 Å². The van der Waals surface area contributed by atoms with Crippen molar-refractivity contribution in [3.05, 3.63) is 88.0 Å². The second-order valence-corrected chi connectivity index (χ2v) is 16.6. The monoisotopic (exact) mass is 830 g/mol. The Morgan fingerprint density at radius 3 is 2.48 bits per heavy atom. The van der Waals surface area contributed by atoms with Crippen LogP contribution in [0.3, 0.4) is 0 Å². The summed E-state index contributed by atoms with van der Waals surface area (Å²) in [6.45, 7) is 6.55. The Bertz CT molecular complexity index is 1860. The molecule has 0 bridgehead atoms. The molecule has 6 atom stereocenters. The number of aliphatic hydroxyl groups is 2. The van der Waals surface area contributed by atoms with Crippen molar-refractivity contribution in [1.29, 1.82) is 0 Å². The van der Waals surface area contributed by atoms with Crippen molar-refractivity contribution in [2.45, 2.75) is 115 Å². The molecule has 14 nitrogen and oxygen atoms in total. The maximum absolute atomic E-state index is 14.4. The zero-order valence-electron chi connectivity index (χ0n) is 35.1.